The molecule has 0 aliphatic heterocycles. The Balaban J connectivity index is 1.64. The number of pyridine rings is 1. The molecule has 176 valence electrons. The average Bonchev–Trinajstić information content (AvgIpc) is 2.83. The summed E-state index contributed by atoms with van der Waals surface area (Å²) in [4.78, 5) is 4.59. The van der Waals surface area contributed by atoms with Crippen LogP contribution < -0.4 is 4.74 Å². The van der Waals surface area contributed by atoms with Crippen LogP contribution in [0.4, 0.5) is 0 Å². The van der Waals surface area contributed by atoms with E-state index < -0.39 is 0 Å². The molecular weight excluding hydrogens is 394 g/mol. The maximum Gasteiger partial charge on any atom is 0.137 e. The predicted octanol–water partition coefficient (Wildman–Crippen LogP) is 8.18. The van der Waals surface area contributed by atoms with Crippen LogP contribution in [0.5, 0.6) is 5.75 Å². The number of nitrogens with zero attached hydrogens (tertiary/aromatic N) is 1. The number of ether oxygens (including phenoxy) is 2. The molecule has 1 aromatic carbocycles. The van der Waals surface area contributed by atoms with E-state index in [4.69, 9.17) is 9.47 Å². The van der Waals surface area contributed by atoms with Crippen molar-refractivity contribution in [1.29, 1.82) is 0 Å². The Morgan fingerprint density at radius 3 is 2.28 bits per heavy atom. The first-order valence-corrected chi connectivity index (χ1v) is 12.7. The molecule has 32 heavy (non-hydrogen) atoms. The third-order valence-electron chi connectivity index (χ3n) is 5.53. The molecule has 1 heterocycles. The van der Waals surface area contributed by atoms with Gasteiger partial charge in [0.05, 0.1) is 18.5 Å². The number of rotatable bonds is 18. The van der Waals surface area contributed by atoms with Gasteiger partial charge in [-0.2, -0.15) is 0 Å². The zero-order valence-electron chi connectivity index (χ0n) is 20.4. The smallest absolute Gasteiger partial charge is 0.137 e. The lowest BCUT2D eigenvalue weighted by molar-refractivity contribution is 0.130. The monoisotopic (exact) mass is 437 g/mol. The number of benzene rings is 1. The van der Waals surface area contributed by atoms with Gasteiger partial charge in [0.1, 0.15) is 5.75 Å². The lowest BCUT2D eigenvalue weighted by Crippen LogP contribution is -1.96. The van der Waals surface area contributed by atoms with Crippen LogP contribution in [0.25, 0.3) is 11.3 Å². The van der Waals surface area contributed by atoms with E-state index >= 15 is 0 Å². The van der Waals surface area contributed by atoms with Crippen molar-refractivity contribution in [2.45, 2.75) is 84.5 Å². The van der Waals surface area contributed by atoms with Gasteiger partial charge in [-0.05, 0) is 62.6 Å². The van der Waals surface area contributed by atoms with Crippen molar-refractivity contribution in [2.75, 3.05) is 19.8 Å². The summed E-state index contributed by atoms with van der Waals surface area (Å²) in [7, 11) is 0. The van der Waals surface area contributed by atoms with Crippen LogP contribution in [0.2, 0.25) is 0 Å². The SMILES string of the molecule is CCCCCC/C=C\CCOc1ccc(-c2ccc(CCCCCOCCC)cc2)nc1. The minimum atomic E-state index is 0.700. The Kier molecular flexibility index (Phi) is 14.2. The third kappa shape index (κ3) is 11.5. The lowest BCUT2D eigenvalue weighted by atomic mass is 10.0. The van der Waals surface area contributed by atoms with E-state index in [1.807, 2.05) is 18.3 Å². The molecule has 0 radical (unpaired) electrons. The van der Waals surface area contributed by atoms with Crippen LogP contribution >= 0.6 is 0 Å². The van der Waals surface area contributed by atoms with Crippen LogP contribution in [-0.2, 0) is 11.2 Å². The van der Waals surface area contributed by atoms with Crippen LogP contribution in [0.1, 0.15) is 83.6 Å². The Hall–Kier alpha value is -2.13. The summed E-state index contributed by atoms with van der Waals surface area (Å²) in [6, 6.07) is 12.9. The van der Waals surface area contributed by atoms with Gasteiger partial charge < -0.3 is 9.47 Å². The summed E-state index contributed by atoms with van der Waals surface area (Å²) in [6.45, 7) is 6.89. The van der Waals surface area contributed by atoms with Crippen molar-refractivity contribution in [3.8, 4) is 17.0 Å². The quantitative estimate of drug-likeness (QED) is 0.174. The van der Waals surface area contributed by atoms with Crippen LogP contribution in [0, 0.1) is 0 Å². The number of hydrogen-bond acceptors (Lipinski definition) is 3. The first-order valence-electron chi connectivity index (χ1n) is 12.7. The molecule has 3 heteroatoms. The maximum atomic E-state index is 5.82. The molecule has 1 aromatic heterocycles. The van der Waals surface area contributed by atoms with Gasteiger partial charge in [0, 0.05) is 18.8 Å². The first-order chi connectivity index (χ1) is 15.8. The third-order valence-corrected chi connectivity index (χ3v) is 5.53. The van der Waals surface area contributed by atoms with E-state index in [9.17, 15) is 0 Å². The van der Waals surface area contributed by atoms with Gasteiger partial charge in [-0.25, -0.2) is 0 Å². The topological polar surface area (TPSA) is 31.4 Å². The molecule has 0 N–H and O–H groups in total. The first kappa shape index (κ1) is 26.1. The van der Waals surface area contributed by atoms with Crippen molar-refractivity contribution in [2.24, 2.45) is 0 Å². The minimum absolute atomic E-state index is 0.700. The highest BCUT2D eigenvalue weighted by Gasteiger charge is 2.02. The highest BCUT2D eigenvalue weighted by Crippen LogP contribution is 2.21. The Morgan fingerprint density at radius 2 is 1.53 bits per heavy atom. The van der Waals surface area contributed by atoms with E-state index in [0.29, 0.717) is 6.61 Å². The highest BCUT2D eigenvalue weighted by molar-refractivity contribution is 5.59. The predicted molar refractivity (Wildman–Crippen MR) is 136 cm³/mol. The van der Waals surface area contributed by atoms with Crippen LogP contribution in [-0.4, -0.2) is 24.8 Å². The highest BCUT2D eigenvalue weighted by atomic mass is 16.5. The molecule has 0 spiro atoms. The van der Waals surface area contributed by atoms with Crippen LogP contribution in [0.3, 0.4) is 0 Å². The minimum Gasteiger partial charge on any atom is -0.492 e. The second kappa shape index (κ2) is 17.4. The van der Waals surface area contributed by atoms with Crippen molar-refractivity contribution in [3.05, 3.63) is 60.3 Å². The molecular formula is C29H43NO2. The number of unbranched alkanes of at least 4 members (excludes halogenated alkanes) is 6. The van der Waals surface area contributed by atoms with E-state index in [0.717, 1.165) is 55.9 Å². The van der Waals surface area contributed by atoms with Crippen molar-refractivity contribution in [1.82, 2.24) is 4.98 Å². The Labute approximate surface area is 196 Å². The fraction of sp³-hybridized carbons (Fsp3) is 0.552. The van der Waals surface area contributed by atoms with Gasteiger partial charge in [-0.1, -0.05) is 75.9 Å². The molecule has 3 nitrogen and oxygen atoms in total. The largest absolute Gasteiger partial charge is 0.492 e. The van der Waals surface area contributed by atoms with E-state index in [1.54, 1.807) is 0 Å². The van der Waals surface area contributed by atoms with Gasteiger partial charge in [-0.15, -0.1) is 0 Å². The summed E-state index contributed by atoms with van der Waals surface area (Å²) in [5, 5.41) is 0. The van der Waals surface area contributed by atoms with E-state index in [2.05, 4.69) is 55.2 Å². The van der Waals surface area contributed by atoms with Gasteiger partial charge in [-0.3, -0.25) is 4.98 Å². The van der Waals surface area contributed by atoms with E-state index in [1.165, 1.54) is 50.5 Å². The molecule has 0 amide bonds. The summed E-state index contributed by atoms with van der Waals surface area (Å²) in [5.74, 6) is 0.838. The molecule has 2 rings (SSSR count). The van der Waals surface area contributed by atoms with E-state index in [-0.39, 0.29) is 0 Å². The van der Waals surface area contributed by atoms with Crippen LogP contribution in [0.15, 0.2) is 54.7 Å². The number of aryl methyl sites for hydroxylation is 1. The molecule has 0 bridgehead atoms. The second-order valence-corrected chi connectivity index (χ2v) is 8.46. The summed E-state index contributed by atoms with van der Waals surface area (Å²) >= 11 is 0. The molecule has 0 aliphatic rings. The van der Waals surface area contributed by atoms with Gasteiger partial charge >= 0.3 is 0 Å². The standard InChI is InChI=1S/C29H43NO2/c1-3-5-6-7-8-9-10-14-24-32-28-20-21-29(30-25-28)27-18-16-26(17-19-27)15-12-11-13-23-31-22-4-2/h9-10,16-21,25H,3-8,11-15,22-24H2,1-2H3/b10-9-. The zero-order chi connectivity index (χ0) is 22.7. The molecule has 0 saturated heterocycles. The number of hydrogen-bond donors (Lipinski definition) is 0. The molecule has 0 atom stereocenters. The van der Waals surface area contributed by atoms with Gasteiger partial charge in [0.15, 0.2) is 0 Å². The fourth-order valence-corrected chi connectivity index (χ4v) is 3.60. The molecule has 0 fully saturated rings. The average molecular weight is 438 g/mol. The van der Waals surface area contributed by atoms with Gasteiger partial charge in [0.25, 0.3) is 0 Å². The summed E-state index contributed by atoms with van der Waals surface area (Å²) < 4.78 is 11.4. The molecule has 2 aromatic rings. The second-order valence-electron chi connectivity index (χ2n) is 8.46. The molecule has 0 unspecified atom stereocenters. The summed E-state index contributed by atoms with van der Waals surface area (Å²) in [5.41, 5.74) is 3.53. The van der Waals surface area contributed by atoms with Crippen molar-refractivity contribution in [3.63, 3.8) is 0 Å². The number of aromatic nitrogens is 1. The molecule has 0 saturated carbocycles. The fourth-order valence-electron chi connectivity index (χ4n) is 3.60. The Morgan fingerprint density at radius 1 is 0.719 bits per heavy atom. The maximum absolute atomic E-state index is 5.82. The Bertz CT molecular complexity index is 722. The zero-order valence-corrected chi connectivity index (χ0v) is 20.4. The molecule has 0 aliphatic carbocycles. The lowest BCUT2D eigenvalue weighted by Gasteiger charge is -2.07. The normalized spacial score (nSPS) is 11.3. The number of allylic oxidation sites excluding steroid dienone is 1. The van der Waals surface area contributed by atoms with Crippen molar-refractivity contribution >= 4 is 0 Å². The summed E-state index contributed by atoms with van der Waals surface area (Å²) in [6.07, 6.45) is 19.6. The van der Waals surface area contributed by atoms with Gasteiger partial charge in [0.2, 0.25) is 0 Å². The van der Waals surface area contributed by atoms with Crippen molar-refractivity contribution < 1.29 is 9.47 Å².